The van der Waals surface area contributed by atoms with Crippen LogP contribution in [0.5, 0.6) is 0 Å². The van der Waals surface area contributed by atoms with Gasteiger partial charge in [-0.1, -0.05) is 19.0 Å². The largest absolute Gasteiger partial charge is 0.343 e. The molecule has 0 spiro atoms. The molecule has 0 radical (unpaired) electrons. The van der Waals surface area contributed by atoms with Gasteiger partial charge in [0.1, 0.15) is 5.69 Å². The first-order valence-electron chi connectivity index (χ1n) is 8.64. The monoisotopic (exact) mass is 357 g/mol. The summed E-state index contributed by atoms with van der Waals surface area (Å²) in [6.45, 7) is 5.51. The van der Waals surface area contributed by atoms with Gasteiger partial charge in [-0.2, -0.15) is 4.98 Å². The van der Waals surface area contributed by atoms with Gasteiger partial charge in [-0.3, -0.25) is 14.6 Å². The number of hydrogen-bond acceptors (Lipinski definition) is 6. The van der Waals surface area contributed by atoms with Crippen LogP contribution in [-0.2, 0) is 4.79 Å². The van der Waals surface area contributed by atoms with Crippen LogP contribution in [0, 0.1) is 5.92 Å². The van der Waals surface area contributed by atoms with Crippen LogP contribution >= 0.6 is 0 Å². The molecule has 1 saturated heterocycles. The molecule has 3 heterocycles. The maximum Gasteiger partial charge on any atom is 0.271 e. The van der Waals surface area contributed by atoms with Crippen molar-refractivity contribution in [2.45, 2.75) is 26.2 Å². The van der Waals surface area contributed by atoms with Crippen molar-refractivity contribution in [1.82, 2.24) is 24.9 Å². The van der Waals surface area contributed by atoms with Crippen molar-refractivity contribution < 1.29 is 14.1 Å². The van der Waals surface area contributed by atoms with Crippen molar-refractivity contribution >= 4 is 11.8 Å². The Balaban J connectivity index is 1.72. The van der Waals surface area contributed by atoms with E-state index in [0.717, 1.165) is 6.54 Å². The number of rotatable bonds is 5. The molecule has 0 N–H and O–H groups in total. The quantitative estimate of drug-likeness (QED) is 0.810. The maximum absolute atomic E-state index is 12.1. The first-order chi connectivity index (χ1) is 12.3. The summed E-state index contributed by atoms with van der Waals surface area (Å²) < 4.78 is 5.38. The fourth-order valence-electron chi connectivity index (χ4n) is 2.95. The Kier molecular flexibility index (Phi) is 5.01. The Morgan fingerprint density at radius 1 is 1.38 bits per heavy atom. The lowest BCUT2D eigenvalue weighted by Crippen LogP contribution is -2.29. The molecule has 1 atom stereocenters. The van der Waals surface area contributed by atoms with E-state index < -0.39 is 0 Å². The predicted octanol–water partition coefficient (Wildman–Crippen LogP) is 1.81. The molecular formula is C18H23N5O3. The Hall–Kier alpha value is -2.77. The molecule has 1 fully saturated rings. The SMILES string of the molecule is CC(C)CN1CC(c2nc(-c3ccc(C(=O)N(C)C)nc3)no2)CC1=O. The van der Waals surface area contributed by atoms with Gasteiger partial charge < -0.3 is 14.3 Å². The summed E-state index contributed by atoms with van der Waals surface area (Å²) in [5.74, 6) is 1.17. The lowest BCUT2D eigenvalue weighted by atomic mass is 10.1. The number of carbonyl (C=O) groups excluding carboxylic acids is 2. The summed E-state index contributed by atoms with van der Waals surface area (Å²) in [5.41, 5.74) is 1.02. The Morgan fingerprint density at radius 2 is 2.15 bits per heavy atom. The molecule has 138 valence electrons. The van der Waals surface area contributed by atoms with E-state index in [1.165, 1.54) is 4.90 Å². The second kappa shape index (κ2) is 7.23. The van der Waals surface area contributed by atoms with Crippen molar-refractivity contribution in [3.8, 4) is 11.4 Å². The van der Waals surface area contributed by atoms with Crippen LogP contribution in [0.3, 0.4) is 0 Å². The maximum atomic E-state index is 12.1. The number of hydrogen-bond donors (Lipinski definition) is 0. The predicted molar refractivity (Wildman–Crippen MR) is 94.3 cm³/mol. The molecule has 0 bridgehead atoms. The number of carbonyl (C=O) groups is 2. The van der Waals surface area contributed by atoms with E-state index >= 15 is 0 Å². The average molecular weight is 357 g/mol. The highest BCUT2D eigenvalue weighted by Crippen LogP contribution is 2.29. The third kappa shape index (κ3) is 3.74. The summed E-state index contributed by atoms with van der Waals surface area (Å²) >= 11 is 0. The van der Waals surface area contributed by atoms with Gasteiger partial charge in [-0.25, -0.2) is 0 Å². The number of nitrogens with zero attached hydrogens (tertiary/aromatic N) is 5. The first-order valence-corrected chi connectivity index (χ1v) is 8.64. The number of aromatic nitrogens is 3. The highest BCUT2D eigenvalue weighted by atomic mass is 16.5. The minimum absolute atomic E-state index is 0.0787. The third-order valence-corrected chi connectivity index (χ3v) is 4.24. The molecule has 2 aromatic rings. The second-order valence-corrected chi connectivity index (χ2v) is 7.18. The molecule has 1 unspecified atom stereocenters. The summed E-state index contributed by atoms with van der Waals surface area (Å²) in [6.07, 6.45) is 1.94. The van der Waals surface area contributed by atoms with Crippen LogP contribution in [0.2, 0.25) is 0 Å². The van der Waals surface area contributed by atoms with Crippen molar-refractivity contribution in [3.05, 3.63) is 29.9 Å². The molecule has 2 amide bonds. The molecule has 0 aliphatic carbocycles. The zero-order valence-electron chi connectivity index (χ0n) is 15.5. The zero-order chi connectivity index (χ0) is 18.8. The minimum atomic E-state index is -0.167. The summed E-state index contributed by atoms with van der Waals surface area (Å²) in [7, 11) is 3.35. The topological polar surface area (TPSA) is 92.4 Å². The fourth-order valence-corrected chi connectivity index (χ4v) is 2.95. The number of likely N-dealkylation sites (tertiary alicyclic amines) is 1. The molecule has 26 heavy (non-hydrogen) atoms. The molecule has 3 rings (SSSR count). The van der Waals surface area contributed by atoms with Crippen molar-refractivity contribution in [2.75, 3.05) is 27.2 Å². The lowest BCUT2D eigenvalue weighted by molar-refractivity contribution is -0.128. The molecule has 1 aliphatic heterocycles. The van der Waals surface area contributed by atoms with Gasteiger partial charge in [0.05, 0.1) is 5.92 Å². The van der Waals surface area contributed by atoms with Gasteiger partial charge in [0.15, 0.2) is 0 Å². The van der Waals surface area contributed by atoms with Gasteiger partial charge in [0.25, 0.3) is 5.91 Å². The van der Waals surface area contributed by atoms with E-state index in [4.69, 9.17) is 4.52 Å². The van der Waals surface area contributed by atoms with Crippen molar-refractivity contribution in [2.24, 2.45) is 5.92 Å². The van der Waals surface area contributed by atoms with Gasteiger partial charge in [0.2, 0.25) is 17.6 Å². The van der Waals surface area contributed by atoms with Crippen molar-refractivity contribution in [1.29, 1.82) is 0 Å². The van der Waals surface area contributed by atoms with Crippen LogP contribution in [0.25, 0.3) is 11.4 Å². The summed E-state index contributed by atoms with van der Waals surface area (Å²) in [5, 5.41) is 4.00. The molecular weight excluding hydrogens is 334 g/mol. The van der Waals surface area contributed by atoms with Gasteiger partial charge in [-0.05, 0) is 18.1 Å². The van der Waals surface area contributed by atoms with Crippen LogP contribution in [0.1, 0.15) is 42.6 Å². The molecule has 1 aliphatic rings. The van der Waals surface area contributed by atoms with Gasteiger partial charge in [0, 0.05) is 45.4 Å². The Morgan fingerprint density at radius 3 is 2.77 bits per heavy atom. The zero-order valence-corrected chi connectivity index (χ0v) is 15.5. The van der Waals surface area contributed by atoms with E-state index in [1.807, 2.05) is 4.90 Å². The number of pyridine rings is 1. The van der Waals surface area contributed by atoms with E-state index in [9.17, 15) is 9.59 Å². The van der Waals surface area contributed by atoms with Crippen molar-refractivity contribution in [3.63, 3.8) is 0 Å². The van der Waals surface area contributed by atoms with Crippen LogP contribution < -0.4 is 0 Å². The Labute approximate surface area is 152 Å². The third-order valence-electron chi connectivity index (χ3n) is 4.24. The van der Waals surface area contributed by atoms with Crippen LogP contribution in [0.4, 0.5) is 0 Å². The standard InChI is InChI=1S/C18H23N5O3/c1-11(2)9-23-10-13(7-15(23)24)17-20-16(21-26-17)12-5-6-14(19-8-12)18(25)22(3)4/h5-6,8,11,13H,7,9-10H2,1-4H3. The molecule has 0 aromatic carbocycles. The number of amides is 2. The lowest BCUT2D eigenvalue weighted by Gasteiger charge is -2.18. The second-order valence-electron chi connectivity index (χ2n) is 7.18. The summed E-state index contributed by atoms with van der Waals surface area (Å²) in [4.78, 5) is 35.9. The minimum Gasteiger partial charge on any atom is -0.343 e. The normalized spacial score (nSPS) is 17.2. The average Bonchev–Trinajstić information content (AvgIpc) is 3.21. The fraction of sp³-hybridized carbons (Fsp3) is 0.500. The smallest absolute Gasteiger partial charge is 0.271 e. The Bertz CT molecular complexity index is 797. The van der Waals surface area contributed by atoms with Crippen LogP contribution in [0.15, 0.2) is 22.9 Å². The molecule has 2 aromatic heterocycles. The molecule has 0 saturated carbocycles. The van der Waals surface area contributed by atoms with E-state index in [-0.39, 0.29) is 17.7 Å². The van der Waals surface area contributed by atoms with Gasteiger partial charge >= 0.3 is 0 Å². The highest BCUT2D eigenvalue weighted by Gasteiger charge is 2.34. The van der Waals surface area contributed by atoms with E-state index in [0.29, 0.717) is 41.9 Å². The van der Waals surface area contributed by atoms with E-state index in [1.54, 1.807) is 32.4 Å². The summed E-state index contributed by atoms with van der Waals surface area (Å²) in [6, 6.07) is 3.38. The van der Waals surface area contributed by atoms with Crippen LogP contribution in [-0.4, -0.2) is 63.9 Å². The van der Waals surface area contributed by atoms with E-state index in [2.05, 4.69) is 29.0 Å². The first kappa shape index (κ1) is 18.0. The van der Waals surface area contributed by atoms with Gasteiger partial charge in [-0.15, -0.1) is 0 Å². The molecule has 8 heteroatoms. The highest BCUT2D eigenvalue weighted by molar-refractivity contribution is 5.92. The molecule has 8 nitrogen and oxygen atoms in total.